The van der Waals surface area contributed by atoms with Crippen LogP contribution in [-0.2, 0) is 12.8 Å². The van der Waals surface area contributed by atoms with Crippen LogP contribution < -0.4 is 0 Å². The number of rotatable bonds is 4. The van der Waals surface area contributed by atoms with E-state index in [1.807, 2.05) is 25.1 Å². The van der Waals surface area contributed by atoms with Crippen molar-refractivity contribution in [1.29, 1.82) is 0 Å². The third-order valence-electron chi connectivity index (χ3n) is 3.83. The van der Waals surface area contributed by atoms with Crippen molar-refractivity contribution in [3.63, 3.8) is 0 Å². The molecule has 2 rings (SSSR count). The van der Waals surface area contributed by atoms with Crippen LogP contribution in [0.2, 0.25) is 5.02 Å². The minimum absolute atomic E-state index is 0.616. The number of hydrogen-bond donors (Lipinski definition) is 1. The molecule has 106 valence electrons. The largest absolute Gasteiger partial charge is 0.384 e. The lowest BCUT2D eigenvalue weighted by Crippen LogP contribution is -2.06. The van der Waals surface area contributed by atoms with E-state index in [2.05, 4.69) is 32.0 Å². The minimum atomic E-state index is -0.616. The summed E-state index contributed by atoms with van der Waals surface area (Å²) in [7, 11) is 0. The first-order chi connectivity index (χ1) is 9.56. The molecule has 0 aliphatic heterocycles. The third kappa shape index (κ3) is 3.05. The first-order valence-corrected chi connectivity index (χ1v) is 7.50. The fourth-order valence-electron chi connectivity index (χ4n) is 2.51. The monoisotopic (exact) mass is 288 g/mol. The summed E-state index contributed by atoms with van der Waals surface area (Å²) < 4.78 is 0. The van der Waals surface area contributed by atoms with Crippen molar-refractivity contribution in [1.82, 2.24) is 0 Å². The molecule has 0 aliphatic carbocycles. The summed E-state index contributed by atoms with van der Waals surface area (Å²) in [5.41, 5.74) is 5.38. The van der Waals surface area contributed by atoms with E-state index in [4.69, 9.17) is 11.6 Å². The molecule has 1 nitrogen and oxygen atoms in total. The molecule has 1 N–H and O–H groups in total. The highest BCUT2D eigenvalue weighted by molar-refractivity contribution is 6.30. The number of hydrogen-bond acceptors (Lipinski definition) is 1. The lowest BCUT2D eigenvalue weighted by molar-refractivity contribution is 0.218. The van der Waals surface area contributed by atoms with Crippen molar-refractivity contribution >= 4 is 11.6 Å². The maximum absolute atomic E-state index is 10.8. The molecule has 0 saturated carbocycles. The average molecular weight is 289 g/mol. The average Bonchev–Trinajstić information content (AvgIpc) is 2.48. The molecule has 0 saturated heterocycles. The van der Waals surface area contributed by atoms with Gasteiger partial charge in [0.1, 0.15) is 6.10 Å². The van der Waals surface area contributed by atoms with E-state index in [9.17, 15) is 5.11 Å². The van der Waals surface area contributed by atoms with Gasteiger partial charge in [0, 0.05) is 5.02 Å². The first kappa shape index (κ1) is 15.1. The van der Waals surface area contributed by atoms with Crippen LogP contribution in [0.25, 0.3) is 0 Å². The Bertz CT molecular complexity index is 604. The summed E-state index contributed by atoms with van der Waals surface area (Å²) in [5, 5.41) is 11.4. The molecular formula is C18H21ClO. The lowest BCUT2D eigenvalue weighted by Gasteiger charge is -2.18. The highest BCUT2D eigenvalue weighted by Crippen LogP contribution is 2.30. The fourth-order valence-corrected chi connectivity index (χ4v) is 2.69. The molecule has 0 radical (unpaired) electrons. The number of aliphatic hydroxyl groups excluding tert-OH is 1. The van der Waals surface area contributed by atoms with Crippen LogP contribution in [0.4, 0.5) is 0 Å². The van der Waals surface area contributed by atoms with Crippen LogP contribution in [0.5, 0.6) is 0 Å². The zero-order chi connectivity index (χ0) is 14.7. The van der Waals surface area contributed by atoms with E-state index in [0.717, 1.165) is 29.5 Å². The van der Waals surface area contributed by atoms with Crippen LogP contribution >= 0.6 is 11.6 Å². The Balaban J connectivity index is 2.51. The topological polar surface area (TPSA) is 20.2 Å². The number of halogens is 1. The smallest absolute Gasteiger partial charge is 0.105 e. The predicted molar refractivity (Wildman–Crippen MR) is 85.4 cm³/mol. The Kier molecular flexibility index (Phi) is 4.85. The second-order valence-electron chi connectivity index (χ2n) is 5.14. The second kappa shape index (κ2) is 6.43. The number of aliphatic hydroxyl groups is 1. The summed E-state index contributed by atoms with van der Waals surface area (Å²) >= 11 is 6.07. The SMILES string of the molecule is CCc1ccc(CC)c(C(O)c2cc(Cl)ccc2C)c1. The normalized spacial score (nSPS) is 12.4. The Labute approximate surface area is 126 Å². The number of benzene rings is 2. The maximum Gasteiger partial charge on any atom is 0.105 e. The summed E-state index contributed by atoms with van der Waals surface area (Å²) in [6.45, 7) is 6.24. The first-order valence-electron chi connectivity index (χ1n) is 7.12. The van der Waals surface area contributed by atoms with Crippen molar-refractivity contribution in [2.24, 2.45) is 0 Å². The van der Waals surface area contributed by atoms with Gasteiger partial charge >= 0.3 is 0 Å². The summed E-state index contributed by atoms with van der Waals surface area (Å²) in [6.07, 6.45) is 1.27. The molecule has 0 amide bonds. The van der Waals surface area contributed by atoms with Gasteiger partial charge in [0.15, 0.2) is 0 Å². The van der Waals surface area contributed by atoms with Gasteiger partial charge in [-0.25, -0.2) is 0 Å². The Morgan fingerprint density at radius 3 is 2.40 bits per heavy atom. The van der Waals surface area contributed by atoms with Crippen molar-refractivity contribution in [3.05, 3.63) is 69.2 Å². The number of aryl methyl sites for hydroxylation is 3. The van der Waals surface area contributed by atoms with E-state index in [1.54, 1.807) is 0 Å². The van der Waals surface area contributed by atoms with Crippen molar-refractivity contribution < 1.29 is 5.11 Å². The van der Waals surface area contributed by atoms with Crippen LogP contribution in [0.15, 0.2) is 36.4 Å². The van der Waals surface area contributed by atoms with E-state index in [0.29, 0.717) is 5.02 Å². The molecule has 2 aromatic carbocycles. The van der Waals surface area contributed by atoms with Crippen LogP contribution in [0.1, 0.15) is 47.8 Å². The molecule has 1 unspecified atom stereocenters. The molecule has 0 bridgehead atoms. The van der Waals surface area contributed by atoms with Gasteiger partial charge in [-0.2, -0.15) is 0 Å². The highest BCUT2D eigenvalue weighted by atomic mass is 35.5. The van der Waals surface area contributed by atoms with Crippen molar-refractivity contribution in [2.45, 2.75) is 39.7 Å². The van der Waals surface area contributed by atoms with Crippen LogP contribution in [0, 0.1) is 6.92 Å². The zero-order valence-electron chi connectivity index (χ0n) is 12.3. The molecule has 0 fully saturated rings. The van der Waals surface area contributed by atoms with Gasteiger partial charge in [0.2, 0.25) is 0 Å². The van der Waals surface area contributed by atoms with Gasteiger partial charge in [-0.15, -0.1) is 0 Å². The molecule has 2 aromatic rings. The van der Waals surface area contributed by atoms with Gasteiger partial charge in [-0.3, -0.25) is 0 Å². The maximum atomic E-state index is 10.8. The molecule has 20 heavy (non-hydrogen) atoms. The Morgan fingerprint density at radius 1 is 1.00 bits per heavy atom. The molecular weight excluding hydrogens is 268 g/mol. The molecule has 0 heterocycles. The summed E-state index contributed by atoms with van der Waals surface area (Å²) in [4.78, 5) is 0. The summed E-state index contributed by atoms with van der Waals surface area (Å²) in [5.74, 6) is 0. The third-order valence-corrected chi connectivity index (χ3v) is 4.06. The molecule has 1 atom stereocenters. The van der Waals surface area contributed by atoms with Gasteiger partial charge in [0.25, 0.3) is 0 Å². The molecule has 0 aromatic heterocycles. The van der Waals surface area contributed by atoms with E-state index >= 15 is 0 Å². The lowest BCUT2D eigenvalue weighted by atomic mass is 9.91. The molecule has 0 spiro atoms. The Morgan fingerprint density at radius 2 is 1.75 bits per heavy atom. The zero-order valence-corrected chi connectivity index (χ0v) is 13.0. The van der Waals surface area contributed by atoms with Gasteiger partial charge in [-0.1, -0.05) is 49.7 Å². The van der Waals surface area contributed by atoms with Gasteiger partial charge in [0.05, 0.1) is 0 Å². The van der Waals surface area contributed by atoms with Crippen LogP contribution in [-0.4, -0.2) is 5.11 Å². The molecule has 2 heteroatoms. The molecule has 0 aliphatic rings. The summed E-state index contributed by atoms with van der Waals surface area (Å²) in [6, 6.07) is 12.0. The highest BCUT2D eigenvalue weighted by Gasteiger charge is 2.16. The fraction of sp³-hybridized carbons (Fsp3) is 0.333. The van der Waals surface area contributed by atoms with E-state index in [-0.39, 0.29) is 0 Å². The van der Waals surface area contributed by atoms with Gasteiger partial charge in [-0.05, 0) is 59.7 Å². The van der Waals surface area contributed by atoms with E-state index in [1.165, 1.54) is 11.1 Å². The second-order valence-corrected chi connectivity index (χ2v) is 5.58. The van der Waals surface area contributed by atoms with Crippen molar-refractivity contribution in [2.75, 3.05) is 0 Å². The predicted octanol–water partition coefficient (Wildman–Crippen LogP) is 4.85. The van der Waals surface area contributed by atoms with Crippen LogP contribution in [0.3, 0.4) is 0 Å². The van der Waals surface area contributed by atoms with E-state index < -0.39 is 6.10 Å². The quantitative estimate of drug-likeness (QED) is 0.852. The minimum Gasteiger partial charge on any atom is -0.384 e. The van der Waals surface area contributed by atoms with Gasteiger partial charge < -0.3 is 5.11 Å². The Hall–Kier alpha value is -1.31. The standard InChI is InChI=1S/C18H21ClO/c1-4-13-7-8-14(5-2)17(10-13)18(20)16-11-15(19)9-6-12(16)3/h6-11,18,20H,4-5H2,1-3H3. The van der Waals surface area contributed by atoms with Crippen molar-refractivity contribution in [3.8, 4) is 0 Å².